The quantitative estimate of drug-likeness (QED) is 0.105. The zero-order valence-corrected chi connectivity index (χ0v) is 36.0. The molecular formula is C58H37F5N2S. The van der Waals surface area contributed by atoms with Crippen molar-refractivity contribution in [3.05, 3.63) is 218 Å². The van der Waals surface area contributed by atoms with Gasteiger partial charge in [-0.3, -0.25) is 0 Å². The molecule has 0 saturated heterocycles. The highest BCUT2D eigenvalue weighted by Gasteiger charge is 2.58. The number of halogens is 5. The minimum atomic E-state index is -5.76. The molecule has 0 saturated carbocycles. The van der Waals surface area contributed by atoms with Gasteiger partial charge in [0.15, 0.2) is 0 Å². The average Bonchev–Trinajstić information content (AvgIpc) is 3.74. The van der Waals surface area contributed by atoms with Crippen molar-refractivity contribution in [1.82, 2.24) is 0 Å². The van der Waals surface area contributed by atoms with Crippen molar-refractivity contribution >= 4 is 121 Å². The Bertz CT molecular complexity index is 3710. The van der Waals surface area contributed by atoms with Gasteiger partial charge in [-0.05, 0) is 105 Å². The Hall–Kier alpha value is -7.81. The van der Waals surface area contributed by atoms with Crippen LogP contribution in [0.1, 0.15) is 16.7 Å². The van der Waals surface area contributed by atoms with Gasteiger partial charge in [-0.1, -0.05) is 147 Å². The van der Waals surface area contributed by atoms with Gasteiger partial charge < -0.3 is 9.80 Å². The third kappa shape index (κ3) is 6.67. The Kier molecular flexibility index (Phi) is 9.75. The minimum absolute atomic E-state index is 0.327. The molecule has 0 N–H and O–H groups in total. The van der Waals surface area contributed by atoms with Crippen LogP contribution < -0.4 is 9.80 Å². The van der Waals surface area contributed by atoms with Crippen molar-refractivity contribution in [1.29, 1.82) is 0 Å². The fourth-order valence-corrected chi connectivity index (χ4v) is 10.6. The number of benzene rings is 10. The molecular weight excluding hydrogens is 852 g/mol. The Morgan fingerprint density at radius 3 is 1.38 bits per heavy atom. The number of nitrogens with zero attached hydrogens (tertiary/aromatic N) is 2. The fraction of sp³-hybridized carbons (Fsp3) is 0.0345. The van der Waals surface area contributed by atoms with Crippen LogP contribution >= 0.6 is 11.3 Å². The van der Waals surface area contributed by atoms with Crippen molar-refractivity contribution < 1.29 is 22.0 Å². The first-order valence-electron chi connectivity index (χ1n) is 21.3. The molecule has 2 nitrogen and oxygen atoms in total. The predicted octanol–water partition coefficient (Wildman–Crippen LogP) is 18.5. The van der Waals surface area contributed by atoms with Crippen LogP contribution in [-0.2, 0) is 5.92 Å². The maximum atomic E-state index is 15.1. The molecule has 11 aromatic rings. The Morgan fingerprint density at radius 1 is 0.409 bits per heavy atom. The third-order valence-electron chi connectivity index (χ3n) is 12.5. The third-order valence-corrected chi connectivity index (χ3v) is 13.7. The van der Waals surface area contributed by atoms with E-state index in [2.05, 4.69) is 132 Å². The zero-order chi connectivity index (χ0) is 45.3. The van der Waals surface area contributed by atoms with E-state index in [1.54, 1.807) is 12.2 Å². The topological polar surface area (TPSA) is 6.48 Å². The number of thiophene rings is 1. The summed E-state index contributed by atoms with van der Waals surface area (Å²) in [5.74, 6) is -5.04. The molecule has 0 aliphatic heterocycles. The van der Waals surface area contributed by atoms with Gasteiger partial charge >= 0.3 is 12.1 Å². The van der Waals surface area contributed by atoms with Crippen LogP contribution in [0.2, 0.25) is 0 Å². The number of hydrogen-bond acceptors (Lipinski definition) is 3. The molecule has 0 amide bonds. The summed E-state index contributed by atoms with van der Waals surface area (Å²) in [5, 5.41) is 9.06. The summed E-state index contributed by atoms with van der Waals surface area (Å²) in [6.45, 7) is 7.90. The van der Waals surface area contributed by atoms with E-state index in [-0.39, 0.29) is 0 Å². The minimum Gasteiger partial charge on any atom is -0.310 e. The predicted molar refractivity (Wildman–Crippen MR) is 269 cm³/mol. The standard InChI is InChI=1S/C58H37F5N2S/c1-3-36-19-24-41(25-20-36)64(52-17-9-13-38-11-5-7-15-45(38)52)43-28-31-47-48-32-29-44(65(42-26-21-37(4-2)22-27-42)53-18-10-14-39-12-6-8-16-46(39)53)35-51(48)56-55(50(47)34-43)49-30-23-40(33-54(49)66-56)57(59,60)58(61,62)63/h3-35H,1-2H2. The van der Waals surface area contributed by atoms with Gasteiger partial charge in [-0.2, -0.15) is 22.0 Å². The van der Waals surface area contributed by atoms with Gasteiger partial charge in [0.05, 0.1) is 11.4 Å². The van der Waals surface area contributed by atoms with Crippen molar-refractivity contribution in [3.63, 3.8) is 0 Å². The van der Waals surface area contributed by atoms with E-state index in [0.29, 0.717) is 10.1 Å². The second kappa shape index (κ2) is 15.7. The maximum absolute atomic E-state index is 15.1. The highest BCUT2D eigenvalue weighted by molar-refractivity contribution is 7.27. The van der Waals surface area contributed by atoms with Crippen molar-refractivity contribution in [2.45, 2.75) is 12.1 Å². The van der Waals surface area contributed by atoms with Gasteiger partial charge in [0, 0.05) is 64.6 Å². The van der Waals surface area contributed by atoms with Gasteiger partial charge in [0.1, 0.15) is 0 Å². The molecule has 0 bridgehead atoms. The summed E-state index contributed by atoms with van der Waals surface area (Å²) < 4.78 is 72.8. The van der Waals surface area contributed by atoms with E-state index >= 15 is 8.78 Å². The number of alkyl halides is 5. The van der Waals surface area contributed by atoms with Crippen LogP contribution in [-0.4, -0.2) is 6.18 Å². The monoisotopic (exact) mass is 888 g/mol. The number of anilines is 6. The molecule has 66 heavy (non-hydrogen) atoms. The molecule has 0 spiro atoms. The molecule has 1 aromatic heterocycles. The second-order valence-electron chi connectivity index (χ2n) is 16.3. The number of hydrogen-bond donors (Lipinski definition) is 0. The van der Waals surface area contributed by atoms with Crippen LogP contribution in [0.5, 0.6) is 0 Å². The van der Waals surface area contributed by atoms with Crippen LogP contribution in [0.25, 0.3) is 75.4 Å². The smallest absolute Gasteiger partial charge is 0.310 e. The van der Waals surface area contributed by atoms with Crippen LogP contribution in [0.15, 0.2) is 201 Å². The van der Waals surface area contributed by atoms with Crippen LogP contribution in [0, 0.1) is 0 Å². The van der Waals surface area contributed by atoms with Crippen LogP contribution in [0.3, 0.4) is 0 Å². The van der Waals surface area contributed by atoms with Crippen molar-refractivity contribution in [2.24, 2.45) is 0 Å². The molecule has 0 radical (unpaired) electrons. The average molecular weight is 889 g/mol. The van der Waals surface area contributed by atoms with E-state index in [9.17, 15) is 13.2 Å². The molecule has 10 aromatic carbocycles. The zero-order valence-electron chi connectivity index (χ0n) is 35.2. The maximum Gasteiger partial charge on any atom is 0.458 e. The SMILES string of the molecule is C=Cc1ccc(N(c2ccc3c4ccc(N(c5ccc(C=C)cc5)c5cccc6ccccc56)cc4c4c5ccc(C(F)(F)C(F)(F)F)cc5sc4c3c2)c2cccc3ccccc23)cc1. The molecule has 0 unspecified atom stereocenters. The van der Waals surface area contributed by atoms with Gasteiger partial charge in [-0.25, -0.2) is 0 Å². The molecule has 11 rings (SSSR count). The second-order valence-corrected chi connectivity index (χ2v) is 17.4. The highest BCUT2D eigenvalue weighted by Crippen LogP contribution is 2.51. The largest absolute Gasteiger partial charge is 0.458 e. The summed E-state index contributed by atoms with van der Waals surface area (Å²) in [6.07, 6.45) is -2.16. The lowest BCUT2D eigenvalue weighted by molar-refractivity contribution is -0.289. The fourth-order valence-electron chi connectivity index (χ4n) is 9.30. The van der Waals surface area contributed by atoms with E-state index in [4.69, 9.17) is 0 Å². The number of fused-ring (bicyclic) bond motifs is 10. The highest BCUT2D eigenvalue weighted by atomic mass is 32.1. The van der Waals surface area contributed by atoms with Crippen LogP contribution in [0.4, 0.5) is 56.1 Å². The van der Waals surface area contributed by atoms with Crippen molar-refractivity contribution in [3.8, 4) is 0 Å². The Morgan fingerprint density at radius 2 is 0.864 bits per heavy atom. The Labute approximate surface area is 381 Å². The summed E-state index contributed by atoms with van der Waals surface area (Å²) in [7, 11) is 0. The lowest BCUT2D eigenvalue weighted by Gasteiger charge is -2.28. The molecule has 0 atom stereocenters. The molecule has 1 heterocycles. The summed E-state index contributed by atoms with van der Waals surface area (Å²) in [4.78, 5) is 4.40. The van der Waals surface area contributed by atoms with Gasteiger partial charge in [0.25, 0.3) is 0 Å². The molecule has 0 aliphatic rings. The Balaban J connectivity index is 1.21. The summed E-state index contributed by atoms with van der Waals surface area (Å²) >= 11 is 1.23. The summed E-state index contributed by atoms with van der Waals surface area (Å²) in [5.41, 5.74) is 6.23. The summed E-state index contributed by atoms with van der Waals surface area (Å²) in [6, 6.07) is 61.0. The van der Waals surface area contributed by atoms with Gasteiger partial charge in [-0.15, -0.1) is 11.3 Å². The lowest BCUT2D eigenvalue weighted by Crippen LogP contribution is -2.33. The molecule has 320 valence electrons. The first kappa shape index (κ1) is 40.9. The first-order valence-corrected chi connectivity index (χ1v) is 22.2. The lowest BCUT2D eigenvalue weighted by atomic mass is 9.95. The molecule has 0 aliphatic carbocycles. The van der Waals surface area contributed by atoms with E-state index in [0.717, 1.165) is 111 Å². The van der Waals surface area contributed by atoms with E-state index in [1.807, 2.05) is 60.7 Å². The first-order chi connectivity index (χ1) is 32.0. The molecule has 8 heteroatoms. The molecule has 0 fully saturated rings. The van der Waals surface area contributed by atoms with E-state index in [1.165, 1.54) is 17.4 Å². The normalized spacial score (nSPS) is 12.1. The van der Waals surface area contributed by atoms with Gasteiger partial charge in [0.2, 0.25) is 0 Å². The van der Waals surface area contributed by atoms with Crippen molar-refractivity contribution in [2.75, 3.05) is 9.80 Å². The van der Waals surface area contributed by atoms with E-state index < -0.39 is 17.7 Å². The number of rotatable bonds is 9.